The third kappa shape index (κ3) is 2.63. The molecule has 0 spiro atoms. The lowest BCUT2D eigenvalue weighted by Gasteiger charge is -2.14. The summed E-state index contributed by atoms with van der Waals surface area (Å²) in [5.41, 5.74) is 1.89. The minimum atomic E-state index is -0.437. The Labute approximate surface area is 97.8 Å². The summed E-state index contributed by atoms with van der Waals surface area (Å²) in [6.45, 7) is 3.64. The van der Waals surface area contributed by atoms with E-state index in [2.05, 4.69) is 15.9 Å². The molecule has 0 aromatic heterocycles. The van der Waals surface area contributed by atoms with E-state index in [9.17, 15) is 10.2 Å². The van der Waals surface area contributed by atoms with Gasteiger partial charge in [-0.05, 0) is 53.4 Å². The Bertz CT molecular complexity index is 361. The van der Waals surface area contributed by atoms with Crippen molar-refractivity contribution in [2.45, 2.75) is 26.4 Å². The second-order valence-corrected chi connectivity index (χ2v) is 4.38. The molecule has 1 aromatic carbocycles. The van der Waals surface area contributed by atoms with Crippen molar-refractivity contribution in [1.29, 1.82) is 0 Å². The zero-order chi connectivity index (χ0) is 11.6. The van der Waals surface area contributed by atoms with Gasteiger partial charge in [-0.1, -0.05) is 0 Å². The topological polar surface area (TPSA) is 49.7 Å². The van der Waals surface area contributed by atoms with Gasteiger partial charge in [0.25, 0.3) is 0 Å². The monoisotopic (exact) mass is 274 g/mol. The van der Waals surface area contributed by atoms with Crippen molar-refractivity contribution in [2.24, 2.45) is 0 Å². The van der Waals surface area contributed by atoms with Crippen molar-refractivity contribution in [3.63, 3.8) is 0 Å². The van der Waals surface area contributed by atoms with Gasteiger partial charge in [0.2, 0.25) is 0 Å². The Morgan fingerprint density at radius 2 is 2.13 bits per heavy atom. The van der Waals surface area contributed by atoms with Gasteiger partial charge in [0, 0.05) is 0 Å². The number of rotatable bonds is 3. The van der Waals surface area contributed by atoms with Crippen LogP contribution in [0.25, 0.3) is 0 Å². The summed E-state index contributed by atoms with van der Waals surface area (Å²) in [6.07, 6.45) is 0.0667. The fraction of sp³-hybridized carbons (Fsp3) is 0.455. The number of phenols is 1. The molecule has 0 fully saturated rings. The summed E-state index contributed by atoms with van der Waals surface area (Å²) in [4.78, 5) is 0. The molecule has 1 unspecified atom stereocenters. The first-order valence-corrected chi connectivity index (χ1v) is 5.49. The summed E-state index contributed by atoms with van der Waals surface area (Å²) in [7, 11) is 1.51. The average molecular weight is 275 g/mol. The lowest BCUT2D eigenvalue weighted by atomic mass is 10.0. The zero-order valence-electron chi connectivity index (χ0n) is 9.04. The number of halogens is 1. The molecule has 0 saturated carbocycles. The highest BCUT2D eigenvalue weighted by Crippen LogP contribution is 2.39. The van der Waals surface area contributed by atoms with Crippen LogP contribution in [-0.4, -0.2) is 23.4 Å². The molecule has 4 heteroatoms. The van der Waals surface area contributed by atoms with Gasteiger partial charge in [0.15, 0.2) is 11.5 Å². The Balaban J connectivity index is 3.23. The molecule has 84 valence electrons. The van der Waals surface area contributed by atoms with Gasteiger partial charge in [0.05, 0.1) is 17.7 Å². The zero-order valence-corrected chi connectivity index (χ0v) is 10.6. The normalized spacial score (nSPS) is 12.6. The summed E-state index contributed by atoms with van der Waals surface area (Å²) < 4.78 is 5.62. The van der Waals surface area contributed by atoms with E-state index in [0.717, 1.165) is 11.1 Å². The number of ether oxygens (including phenoxy) is 1. The van der Waals surface area contributed by atoms with Crippen molar-refractivity contribution in [3.05, 3.63) is 21.7 Å². The summed E-state index contributed by atoms with van der Waals surface area (Å²) in [5.74, 6) is 0.521. The van der Waals surface area contributed by atoms with E-state index >= 15 is 0 Å². The third-order valence-corrected chi connectivity index (χ3v) is 3.10. The molecular weight excluding hydrogens is 260 g/mol. The maximum Gasteiger partial charge on any atom is 0.172 e. The van der Waals surface area contributed by atoms with Gasteiger partial charge in [-0.25, -0.2) is 0 Å². The molecule has 15 heavy (non-hydrogen) atoms. The van der Waals surface area contributed by atoms with E-state index in [1.165, 1.54) is 7.11 Å². The molecule has 1 rings (SSSR count). The standard InChI is InChI=1S/C11H15BrO3/c1-6-4-9(15-3)11(14)10(12)8(6)5-7(2)13/h4,7,13-14H,5H2,1-3H3. The molecule has 2 N–H and O–H groups in total. The van der Waals surface area contributed by atoms with Gasteiger partial charge >= 0.3 is 0 Å². The number of hydrogen-bond donors (Lipinski definition) is 2. The second-order valence-electron chi connectivity index (χ2n) is 3.59. The first-order chi connectivity index (χ1) is 6.97. The molecule has 0 aliphatic carbocycles. The van der Waals surface area contributed by atoms with Crippen LogP contribution < -0.4 is 4.74 Å². The van der Waals surface area contributed by atoms with Crippen molar-refractivity contribution in [1.82, 2.24) is 0 Å². The molecule has 1 atom stereocenters. The largest absolute Gasteiger partial charge is 0.503 e. The first kappa shape index (κ1) is 12.3. The smallest absolute Gasteiger partial charge is 0.172 e. The van der Waals surface area contributed by atoms with Gasteiger partial charge in [-0.2, -0.15) is 0 Å². The van der Waals surface area contributed by atoms with Gasteiger partial charge in [-0.3, -0.25) is 0 Å². The van der Waals surface area contributed by atoms with Crippen LogP contribution in [0.5, 0.6) is 11.5 Å². The Morgan fingerprint density at radius 1 is 1.53 bits per heavy atom. The number of phenolic OH excluding ortho intramolecular Hbond substituents is 1. The molecule has 0 bridgehead atoms. The number of aryl methyl sites for hydroxylation is 1. The van der Waals surface area contributed by atoms with Gasteiger partial charge in [0.1, 0.15) is 0 Å². The molecule has 0 aliphatic heterocycles. The fourth-order valence-corrected chi connectivity index (χ4v) is 2.15. The molecule has 0 aliphatic rings. The van der Waals surface area contributed by atoms with E-state index in [-0.39, 0.29) is 5.75 Å². The quantitative estimate of drug-likeness (QED) is 0.890. The predicted molar refractivity (Wildman–Crippen MR) is 62.5 cm³/mol. The Hall–Kier alpha value is -0.740. The van der Waals surface area contributed by atoms with E-state index in [1.807, 2.05) is 6.92 Å². The van der Waals surface area contributed by atoms with Crippen LogP contribution in [0, 0.1) is 6.92 Å². The number of benzene rings is 1. The van der Waals surface area contributed by atoms with Crippen LogP contribution >= 0.6 is 15.9 Å². The minimum absolute atomic E-state index is 0.0822. The van der Waals surface area contributed by atoms with Crippen LogP contribution in [0.4, 0.5) is 0 Å². The molecule has 3 nitrogen and oxygen atoms in total. The highest BCUT2D eigenvalue weighted by molar-refractivity contribution is 9.10. The summed E-state index contributed by atoms with van der Waals surface area (Å²) in [6, 6.07) is 1.76. The van der Waals surface area contributed by atoms with E-state index in [1.54, 1.807) is 13.0 Å². The summed E-state index contributed by atoms with van der Waals surface area (Å²) >= 11 is 3.31. The minimum Gasteiger partial charge on any atom is -0.503 e. The van der Waals surface area contributed by atoms with Crippen LogP contribution in [0.2, 0.25) is 0 Å². The van der Waals surface area contributed by atoms with Crippen LogP contribution in [0.1, 0.15) is 18.1 Å². The number of methoxy groups -OCH3 is 1. The van der Waals surface area contributed by atoms with Crippen LogP contribution in [0.3, 0.4) is 0 Å². The second kappa shape index (κ2) is 4.86. The lowest BCUT2D eigenvalue weighted by Crippen LogP contribution is -2.06. The van der Waals surface area contributed by atoms with Crippen molar-refractivity contribution in [3.8, 4) is 11.5 Å². The lowest BCUT2D eigenvalue weighted by molar-refractivity contribution is 0.195. The number of hydrogen-bond acceptors (Lipinski definition) is 3. The average Bonchev–Trinajstić information content (AvgIpc) is 2.18. The van der Waals surface area contributed by atoms with E-state index in [0.29, 0.717) is 16.6 Å². The highest BCUT2D eigenvalue weighted by atomic mass is 79.9. The Kier molecular flexibility index (Phi) is 3.99. The predicted octanol–water partition coefficient (Wildman–Crippen LogP) is 2.40. The van der Waals surface area contributed by atoms with Crippen molar-refractivity contribution >= 4 is 15.9 Å². The molecular formula is C11H15BrO3. The van der Waals surface area contributed by atoms with Crippen molar-refractivity contribution < 1.29 is 14.9 Å². The van der Waals surface area contributed by atoms with Crippen molar-refractivity contribution in [2.75, 3.05) is 7.11 Å². The molecule has 0 saturated heterocycles. The third-order valence-electron chi connectivity index (χ3n) is 2.25. The SMILES string of the molecule is COc1cc(C)c(CC(C)O)c(Br)c1O. The van der Waals surface area contributed by atoms with Crippen LogP contribution in [0.15, 0.2) is 10.5 Å². The van der Waals surface area contributed by atoms with Gasteiger partial charge in [-0.15, -0.1) is 0 Å². The maximum atomic E-state index is 9.76. The van der Waals surface area contributed by atoms with Gasteiger partial charge < -0.3 is 14.9 Å². The number of aliphatic hydroxyl groups is 1. The molecule has 0 amide bonds. The molecule has 0 radical (unpaired) electrons. The molecule has 0 heterocycles. The van der Waals surface area contributed by atoms with E-state index < -0.39 is 6.10 Å². The molecule has 1 aromatic rings. The number of aromatic hydroxyl groups is 1. The maximum absolute atomic E-state index is 9.76. The fourth-order valence-electron chi connectivity index (χ4n) is 1.48. The first-order valence-electron chi connectivity index (χ1n) is 4.70. The summed E-state index contributed by atoms with van der Waals surface area (Å²) in [5, 5.41) is 19.1. The Morgan fingerprint density at radius 3 is 2.60 bits per heavy atom. The highest BCUT2D eigenvalue weighted by Gasteiger charge is 2.15. The number of aliphatic hydroxyl groups excluding tert-OH is 1. The van der Waals surface area contributed by atoms with Crippen LogP contribution in [-0.2, 0) is 6.42 Å². The van der Waals surface area contributed by atoms with E-state index in [4.69, 9.17) is 4.74 Å².